The normalized spacial score (nSPS) is 11.7. The summed E-state index contributed by atoms with van der Waals surface area (Å²) in [5, 5.41) is 7.66. The molecule has 0 aliphatic heterocycles. The van der Waals surface area contributed by atoms with Crippen molar-refractivity contribution in [3.8, 4) is 28.3 Å². The molecule has 0 spiro atoms. The van der Waals surface area contributed by atoms with Gasteiger partial charge in [0, 0.05) is 49.6 Å². The third-order valence-corrected chi connectivity index (χ3v) is 11.5. The molecule has 3 aromatic heterocycles. The number of hydrogen-bond acceptors (Lipinski definition) is 4. The van der Waals surface area contributed by atoms with Crippen LogP contribution in [0.15, 0.2) is 211 Å². The number of aromatic nitrogens is 3. The van der Waals surface area contributed by atoms with E-state index in [0.717, 1.165) is 99.5 Å². The number of nitrogens with zero attached hydrogens (tertiary/aromatic N) is 4. The lowest BCUT2D eigenvalue weighted by Gasteiger charge is -2.25. The van der Waals surface area contributed by atoms with Crippen molar-refractivity contribution < 1.29 is 4.42 Å². The molecule has 0 bridgehead atoms. The van der Waals surface area contributed by atoms with E-state index in [4.69, 9.17) is 14.4 Å². The van der Waals surface area contributed by atoms with Gasteiger partial charge in [0.15, 0.2) is 0 Å². The number of rotatable bonds is 6. The fourth-order valence-electron chi connectivity index (χ4n) is 8.82. The van der Waals surface area contributed by atoms with E-state index < -0.39 is 0 Å². The topological polar surface area (TPSA) is 47.1 Å². The number of para-hydroxylation sites is 4. The van der Waals surface area contributed by atoms with E-state index in [1.165, 1.54) is 5.39 Å². The Kier molecular flexibility index (Phi) is 7.47. The van der Waals surface area contributed by atoms with Crippen molar-refractivity contribution in [1.29, 1.82) is 0 Å². The first-order valence-corrected chi connectivity index (χ1v) is 19.9. The van der Waals surface area contributed by atoms with Gasteiger partial charge < -0.3 is 9.32 Å². The summed E-state index contributed by atoms with van der Waals surface area (Å²) in [6, 6.07) is 72.5. The maximum Gasteiger partial charge on any atom is 0.235 e. The molecule has 12 aromatic rings. The van der Waals surface area contributed by atoms with Crippen LogP contribution < -0.4 is 4.90 Å². The molecule has 5 heteroatoms. The van der Waals surface area contributed by atoms with Gasteiger partial charge in [-0.15, -0.1) is 0 Å². The molecule has 0 N–H and O–H groups in total. The van der Waals surface area contributed by atoms with Gasteiger partial charge in [0.25, 0.3) is 0 Å². The summed E-state index contributed by atoms with van der Waals surface area (Å²) >= 11 is 0. The monoisotopic (exact) mass is 754 g/mol. The van der Waals surface area contributed by atoms with Gasteiger partial charge >= 0.3 is 0 Å². The highest BCUT2D eigenvalue weighted by Gasteiger charge is 2.23. The van der Waals surface area contributed by atoms with Crippen LogP contribution in [0, 0.1) is 0 Å². The van der Waals surface area contributed by atoms with Crippen molar-refractivity contribution in [1.82, 2.24) is 14.5 Å². The first-order chi connectivity index (χ1) is 29.2. The maximum atomic E-state index is 6.91. The van der Waals surface area contributed by atoms with Crippen molar-refractivity contribution in [2.45, 2.75) is 0 Å². The van der Waals surface area contributed by atoms with Crippen LogP contribution in [-0.2, 0) is 0 Å². The van der Waals surface area contributed by atoms with Gasteiger partial charge in [-0.2, -0.15) is 0 Å². The van der Waals surface area contributed by atoms with E-state index in [2.05, 4.69) is 210 Å². The van der Waals surface area contributed by atoms with E-state index in [1.54, 1.807) is 0 Å². The lowest BCUT2D eigenvalue weighted by atomic mass is 9.96. The van der Waals surface area contributed by atoms with Crippen LogP contribution in [-0.4, -0.2) is 14.5 Å². The highest BCUT2D eigenvalue weighted by Crippen LogP contribution is 2.43. The molecule has 12 rings (SSSR count). The Labute approximate surface area is 339 Å². The summed E-state index contributed by atoms with van der Waals surface area (Å²) in [5.41, 5.74) is 11.7. The molecule has 0 radical (unpaired) electrons. The molecule has 9 aromatic carbocycles. The fourth-order valence-corrected chi connectivity index (χ4v) is 8.82. The smallest absolute Gasteiger partial charge is 0.235 e. The Hall–Kier alpha value is -8.02. The number of hydrogen-bond donors (Lipinski definition) is 0. The van der Waals surface area contributed by atoms with Crippen molar-refractivity contribution in [3.63, 3.8) is 0 Å². The highest BCUT2D eigenvalue weighted by molar-refractivity contribution is 6.16. The molecule has 0 saturated carbocycles. The van der Waals surface area contributed by atoms with Crippen LogP contribution in [0.2, 0.25) is 0 Å². The van der Waals surface area contributed by atoms with Gasteiger partial charge in [-0.1, -0.05) is 133 Å². The quantitative estimate of drug-likeness (QED) is 0.170. The molecular formula is C54H34N4O. The summed E-state index contributed by atoms with van der Waals surface area (Å²) in [6.45, 7) is 0. The van der Waals surface area contributed by atoms with Gasteiger partial charge in [0.1, 0.15) is 11.2 Å². The van der Waals surface area contributed by atoms with Crippen LogP contribution in [0.4, 0.5) is 17.1 Å². The molecule has 0 saturated heterocycles. The number of furan rings is 1. The molecular weight excluding hydrogens is 721 g/mol. The second kappa shape index (κ2) is 13.3. The molecule has 0 aliphatic rings. The fraction of sp³-hybridized carbons (Fsp3) is 0. The minimum Gasteiger partial charge on any atom is -0.455 e. The first kappa shape index (κ1) is 33.2. The van der Waals surface area contributed by atoms with Crippen LogP contribution in [0.1, 0.15) is 0 Å². The third-order valence-electron chi connectivity index (χ3n) is 11.5. The maximum absolute atomic E-state index is 6.91. The van der Waals surface area contributed by atoms with Crippen LogP contribution >= 0.6 is 0 Å². The molecule has 5 nitrogen and oxygen atoms in total. The average Bonchev–Trinajstić information content (AvgIpc) is 3.83. The molecule has 0 atom stereocenters. The molecule has 59 heavy (non-hydrogen) atoms. The van der Waals surface area contributed by atoms with Gasteiger partial charge in [-0.3, -0.25) is 4.57 Å². The Morgan fingerprint density at radius 2 is 1.03 bits per heavy atom. The number of benzene rings is 9. The zero-order valence-electron chi connectivity index (χ0n) is 31.8. The lowest BCUT2D eigenvalue weighted by Crippen LogP contribution is -2.10. The van der Waals surface area contributed by atoms with E-state index >= 15 is 0 Å². The minimum atomic E-state index is 0.591. The molecule has 276 valence electrons. The Morgan fingerprint density at radius 1 is 0.407 bits per heavy atom. The Morgan fingerprint density at radius 3 is 1.80 bits per heavy atom. The zero-order valence-corrected chi connectivity index (χ0v) is 31.8. The molecule has 0 fully saturated rings. The van der Waals surface area contributed by atoms with Crippen LogP contribution in [0.3, 0.4) is 0 Å². The number of anilines is 3. The summed E-state index contributed by atoms with van der Waals surface area (Å²) in [4.78, 5) is 13.2. The predicted octanol–water partition coefficient (Wildman–Crippen LogP) is 14.6. The second-order valence-electron chi connectivity index (χ2n) is 15.0. The first-order valence-electron chi connectivity index (χ1n) is 19.9. The van der Waals surface area contributed by atoms with Crippen molar-refractivity contribution in [2.24, 2.45) is 0 Å². The summed E-state index contributed by atoms with van der Waals surface area (Å²) in [5.74, 6) is 0.591. The molecule has 0 aliphatic carbocycles. The van der Waals surface area contributed by atoms with Crippen molar-refractivity contribution >= 4 is 82.5 Å². The summed E-state index contributed by atoms with van der Waals surface area (Å²) in [7, 11) is 0. The van der Waals surface area contributed by atoms with Gasteiger partial charge in [0.05, 0.1) is 22.2 Å². The predicted molar refractivity (Wildman–Crippen MR) is 244 cm³/mol. The average molecular weight is 755 g/mol. The number of fused-ring (bicyclic) bond motifs is 8. The van der Waals surface area contributed by atoms with Gasteiger partial charge in [-0.05, 0) is 94.7 Å². The largest absolute Gasteiger partial charge is 0.455 e. The van der Waals surface area contributed by atoms with Crippen molar-refractivity contribution in [2.75, 3.05) is 4.90 Å². The molecule has 0 unspecified atom stereocenters. The standard InChI is InChI=1S/C54H34N4O/c1-4-16-35(17-5-1)38-31-46-45-30-36-18-10-11-19-37(36)33-51(45)59-53(46)47(32-38)52-44-25-12-14-26-48(44)55-54(56-52)58-49-27-15-13-24-42(49)43-29-28-41(34-50(43)58)57(39-20-6-2-7-21-39)40-22-8-3-9-23-40/h1-34H. The van der Waals surface area contributed by atoms with Crippen LogP contribution in [0.25, 0.3) is 93.8 Å². The SMILES string of the molecule is c1ccc(-c2cc(-c3nc(-n4c5ccccc5c5ccc(N(c6ccccc6)c6ccccc6)cc54)nc4ccccc34)c3oc4cc5ccccc5cc4c3c2)cc1. The van der Waals surface area contributed by atoms with E-state index in [-0.39, 0.29) is 0 Å². The van der Waals surface area contributed by atoms with E-state index in [0.29, 0.717) is 5.95 Å². The minimum absolute atomic E-state index is 0.591. The Balaban J connectivity index is 1.15. The lowest BCUT2D eigenvalue weighted by molar-refractivity contribution is 0.670. The summed E-state index contributed by atoms with van der Waals surface area (Å²) < 4.78 is 9.13. The van der Waals surface area contributed by atoms with Crippen molar-refractivity contribution in [3.05, 3.63) is 206 Å². The third kappa shape index (κ3) is 5.40. The van der Waals surface area contributed by atoms with Gasteiger partial charge in [0.2, 0.25) is 5.95 Å². The van der Waals surface area contributed by atoms with E-state index in [9.17, 15) is 0 Å². The second-order valence-corrected chi connectivity index (χ2v) is 15.0. The Bertz CT molecular complexity index is 3520. The van der Waals surface area contributed by atoms with E-state index in [1.807, 2.05) is 6.07 Å². The summed E-state index contributed by atoms with van der Waals surface area (Å²) in [6.07, 6.45) is 0. The highest BCUT2D eigenvalue weighted by atomic mass is 16.3. The molecule has 3 heterocycles. The van der Waals surface area contributed by atoms with Gasteiger partial charge in [-0.25, -0.2) is 9.97 Å². The zero-order chi connectivity index (χ0) is 38.9. The van der Waals surface area contributed by atoms with Crippen LogP contribution in [0.5, 0.6) is 0 Å². The molecule has 0 amide bonds.